The summed E-state index contributed by atoms with van der Waals surface area (Å²) in [6.07, 6.45) is 2.97. The van der Waals surface area contributed by atoms with Crippen molar-refractivity contribution in [1.29, 1.82) is 0 Å². The molecule has 9 heteroatoms. The van der Waals surface area contributed by atoms with Crippen molar-refractivity contribution in [1.82, 2.24) is 9.47 Å². The van der Waals surface area contributed by atoms with E-state index in [0.717, 1.165) is 12.4 Å². The number of aromatic carboxylic acids is 1. The summed E-state index contributed by atoms with van der Waals surface area (Å²) in [5.74, 6) is -2.43. The Morgan fingerprint density at radius 2 is 1.86 bits per heavy atom. The molecular formula is C20H20N2O7. The van der Waals surface area contributed by atoms with Crippen LogP contribution < -0.4 is 5.43 Å². The third kappa shape index (κ3) is 4.63. The van der Waals surface area contributed by atoms with Crippen LogP contribution in [-0.4, -0.2) is 56.7 Å². The van der Waals surface area contributed by atoms with Crippen molar-refractivity contribution in [3.05, 3.63) is 64.1 Å². The number of Topliss-reactive ketones (excluding diaryl/α,β-unsaturated/α-hetero) is 1. The molecule has 2 N–H and O–H groups in total. The van der Waals surface area contributed by atoms with Crippen molar-refractivity contribution < 1.29 is 29.3 Å². The monoisotopic (exact) mass is 400 g/mol. The topological polar surface area (TPSA) is 126 Å². The first-order chi connectivity index (χ1) is 13.9. The molecule has 0 spiro atoms. The van der Waals surface area contributed by atoms with Crippen LogP contribution in [0.2, 0.25) is 0 Å². The van der Waals surface area contributed by atoms with Crippen molar-refractivity contribution in [2.45, 2.75) is 25.4 Å². The summed E-state index contributed by atoms with van der Waals surface area (Å²) < 4.78 is 6.52. The number of carboxylic acid groups (broad SMARTS) is 1. The number of amides is 1. The SMILES string of the molecule is O=C(COC(=O)N1CCC[C@H]1Cn1cc(O)c(=O)c(C(=O)O)c1)c1ccccc1. The minimum atomic E-state index is -1.44. The Morgan fingerprint density at radius 1 is 1.14 bits per heavy atom. The van der Waals surface area contributed by atoms with Gasteiger partial charge in [0.15, 0.2) is 18.1 Å². The Bertz CT molecular complexity index is 984. The van der Waals surface area contributed by atoms with Gasteiger partial charge in [-0.2, -0.15) is 0 Å². The predicted molar refractivity (Wildman–Crippen MR) is 101 cm³/mol. The Kier molecular flexibility index (Phi) is 5.96. The molecule has 1 saturated heterocycles. The molecule has 0 unspecified atom stereocenters. The Balaban J connectivity index is 1.65. The highest BCUT2D eigenvalue weighted by atomic mass is 16.6. The van der Waals surface area contributed by atoms with Crippen LogP contribution >= 0.6 is 0 Å². The first-order valence-electron chi connectivity index (χ1n) is 9.05. The van der Waals surface area contributed by atoms with Gasteiger partial charge in [0.05, 0.1) is 6.04 Å². The number of benzene rings is 1. The molecule has 1 aromatic carbocycles. The molecule has 29 heavy (non-hydrogen) atoms. The van der Waals surface area contributed by atoms with E-state index in [-0.39, 0.29) is 25.0 Å². The van der Waals surface area contributed by atoms with Gasteiger partial charge in [-0.15, -0.1) is 0 Å². The zero-order valence-electron chi connectivity index (χ0n) is 15.5. The summed E-state index contributed by atoms with van der Waals surface area (Å²) >= 11 is 0. The lowest BCUT2D eigenvalue weighted by atomic mass is 10.1. The Labute approximate surface area is 165 Å². The van der Waals surface area contributed by atoms with E-state index in [0.29, 0.717) is 24.9 Å². The number of hydrogen-bond acceptors (Lipinski definition) is 6. The van der Waals surface area contributed by atoms with E-state index < -0.39 is 28.8 Å². The largest absolute Gasteiger partial charge is 0.503 e. The number of rotatable bonds is 6. The second kappa shape index (κ2) is 8.59. The lowest BCUT2D eigenvalue weighted by Crippen LogP contribution is -2.39. The third-order valence-corrected chi connectivity index (χ3v) is 4.75. The molecule has 0 bridgehead atoms. The Morgan fingerprint density at radius 3 is 2.55 bits per heavy atom. The average Bonchev–Trinajstić information content (AvgIpc) is 3.17. The van der Waals surface area contributed by atoms with Crippen molar-refractivity contribution in [3.63, 3.8) is 0 Å². The van der Waals surface area contributed by atoms with Crippen molar-refractivity contribution in [2.24, 2.45) is 0 Å². The van der Waals surface area contributed by atoms with Crippen LogP contribution in [-0.2, 0) is 11.3 Å². The van der Waals surface area contributed by atoms with Crippen LogP contribution in [0.4, 0.5) is 4.79 Å². The average molecular weight is 400 g/mol. The van der Waals surface area contributed by atoms with E-state index in [4.69, 9.17) is 9.84 Å². The molecule has 1 aliphatic heterocycles. The maximum Gasteiger partial charge on any atom is 0.410 e. The minimum Gasteiger partial charge on any atom is -0.503 e. The zero-order chi connectivity index (χ0) is 21.0. The minimum absolute atomic E-state index is 0.176. The molecule has 9 nitrogen and oxygen atoms in total. The number of hydrogen-bond donors (Lipinski definition) is 2. The molecule has 1 aliphatic rings. The normalized spacial score (nSPS) is 15.9. The second-order valence-electron chi connectivity index (χ2n) is 6.72. The van der Waals surface area contributed by atoms with Gasteiger partial charge in [-0.1, -0.05) is 30.3 Å². The predicted octanol–water partition coefficient (Wildman–Crippen LogP) is 1.74. The van der Waals surface area contributed by atoms with Crippen molar-refractivity contribution >= 4 is 17.8 Å². The highest BCUT2D eigenvalue weighted by Crippen LogP contribution is 2.20. The molecule has 152 valence electrons. The molecule has 1 amide bonds. The molecule has 0 radical (unpaired) electrons. The highest BCUT2D eigenvalue weighted by molar-refractivity contribution is 5.97. The summed E-state index contributed by atoms with van der Waals surface area (Å²) in [6, 6.07) is 8.17. The van der Waals surface area contributed by atoms with Gasteiger partial charge in [0.25, 0.3) is 0 Å². The van der Waals surface area contributed by atoms with Crippen LogP contribution in [0.15, 0.2) is 47.5 Å². The summed E-state index contributed by atoms with van der Waals surface area (Å²) in [7, 11) is 0. The number of likely N-dealkylation sites (tertiary alicyclic amines) is 1. The van der Waals surface area contributed by atoms with Gasteiger partial charge in [0, 0.05) is 31.0 Å². The smallest absolute Gasteiger partial charge is 0.410 e. The molecule has 0 saturated carbocycles. The third-order valence-electron chi connectivity index (χ3n) is 4.75. The van der Waals surface area contributed by atoms with Gasteiger partial charge in [0.2, 0.25) is 5.43 Å². The molecule has 1 aromatic heterocycles. The van der Waals surface area contributed by atoms with E-state index in [2.05, 4.69) is 0 Å². The molecule has 2 aromatic rings. The number of nitrogens with zero attached hydrogens (tertiary/aromatic N) is 2. The molecule has 0 aliphatic carbocycles. The number of ketones is 1. The fourth-order valence-corrected chi connectivity index (χ4v) is 3.30. The molecule has 1 atom stereocenters. The molecular weight excluding hydrogens is 380 g/mol. The second-order valence-corrected chi connectivity index (χ2v) is 6.72. The maximum absolute atomic E-state index is 12.4. The summed E-state index contributed by atoms with van der Waals surface area (Å²) in [5, 5.41) is 18.8. The van der Waals surface area contributed by atoms with Crippen LogP contribution in [0.5, 0.6) is 5.75 Å². The van der Waals surface area contributed by atoms with Crippen LogP contribution in [0, 0.1) is 0 Å². The van der Waals surface area contributed by atoms with E-state index in [1.807, 2.05) is 0 Å². The van der Waals surface area contributed by atoms with E-state index in [9.17, 15) is 24.3 Å². The standard InChI is InChI=1S/C20H20N2O7/c23-16-11-21(10-15(18(16)25)19(26)27)9-14-7-4-8-22(14)20(28)29-12-17(24)13-5-2-1-3-6-13/h1-3,5-6,10-11,14,23H,4,7-9,12H2,(H,26,27)/t14-/m0/s1. The first kappa shape index (κ1) is 20.1. The van der Waals surface area contributed by atoms with Gasteiger partial charge < -0.3 is 24.4 Å². The number of ether oxygens (including phenoxy) is 1. The fraction of sp³-hybridized carbons (Fsp3) is 0.300. The van der Waals surface area contributed by atoms with Gasteiger partial charge in [-0.3, -0.25) is 9.59 Å². The Hall–Kier alpha value is -3.62. The number of aromatic nitrogens is 1. The quantitative estimate of drug-likeness (QED) is 0.707. The summed E-state index contributed by atoms with van der Waals surface area (Å²) in [6.45, 7) is 0.227. The van der Waals surface area contributed by atoms with Gasteiger partial charge >= 0.3 is 12.1 Å². The number of carbonyl (C=O) groups is 3. The number of pyridine rings is 1. The maximum atomic E-state index is 12.4. The zero-order valence-corrected chi connectivity index (χ0v) is 15.5. The number of carboxylic acids is 1. The van der Waals surface area contributed by atoms with Gasteiger partial charge in [-0.25, -0.2) is 9.59 Å². The fourth-order valence-electron chi connectivity index (χ4n) is 3.30. The molecule has 2 heterocycles. The summed E-state index contributed by atoms with van der Waals surface area (Å²) in [5.41, 5.74) is -1.07. The van der Waals surface area contributed by atoms with Crippen LogP contribution in [0.25, 0.3) is 0 Å². The number of carbonyl (C=O) groups excluding carboxylic acids is 2. The van der Waals surface area contributed by atoms with Gasteiger partial charge in [0.1, 0.15) is 5.56 Å². The van der Waals surface area contributed by atoms with E-state index in [1.54, 1.807) is 30.3 Å². The first-order valence-corrected chi connectivity index (χ1v) is 9.05. The highest BCUT2D eigenvalue weighted by Gasteiger charge is 2.30. The van der Waals surface area contributed by atoms with E-state index >= 15 is 0 Å². The van der Waals surface area contributed by atoms with Crippen LogP contribution in [0.3, 0.4) is 0 Å². The van der Waals surface area contributed by atoms with Crippen LogP contribution in [0.1, 0.15) is 33.6 Å². The van der Waals surface area contributed by atoms with E-state index in [1.165, 1.54) is 9.47 Å². The van der Waals surface area contributed by atoms with Crippen molar-refractivity contribution in [3.8, 4) is 5.75 Å². The summed E-state index contributed by atoms with van der Waals surface area (Å²) in [4.78, 5) is 48.8. The lowest BCUT2D eigenvalue weighted by Gasteiger charge is -2.25. The lowest BCUT2D eigenvalue weighted by molar-refractivity contribution is 0.0692. The molecule has 3 rings (SSSR count). The molecule has 1 fully saturated rings. The van der Waals surface area contributed by atoms with Gasteiger partial charge in [-0.05, 0) is 12.8 Å². The van der Waals surface area contributed by atoms with Crippen molar-refractivity contribution in [2.75, 3.05) is 13.2 Å². The number of aromatic hydroxyl groups is 1.